The first-order chi connectivity index (χ1) is 7.27. The molecular formula is C12H10N2O. The summed E-state index contributed by atoms with van der Waals surface area (Å²) in [6.45, 7) is 1.89. The summed E-state index contributed by atoms with van der Waals surface area (Å²) >= 11 is 0. The Morgan fingerprint density at radius 2 is 1.67 bits per heavy atom. The average Bonchev–Trinajstić information content (AvgIpc) is 2.30. The second-order valence-corrected chi connectivity index (χ2v) is 3.28. The van der Waals surface area contributed by atoms with Crippen LogP contribution in [0.15, 0.2) is 42.7 Å². The van der Waals surface area contributed by atoms with E-state index in [1.54, 1.807) is 24.5 Å². The molecule has 0 saturated carbocycles. The minimum absolute atomic E-state index is 0.143. The molecule has 2 rings (SSSR count). The minimum atomic E-state index is -0.143. The summed E-state index contributed by atoms with van der Waals surface area (Å²) in [6.07, 6.45) is 3.28. The predicted octanol–water partition coefficient (Wildman–Crippen LogP) is 2.02. The van der Waals surface area contributed by atoms with E-state index in [4.69, 9.17) is 0 Å². The highest BCUT2D eigenvalue weighted by Gasteiger charge is 2.10. The van der Waals surface area contributed by atoms with Crippen molar-refractivity contribution in [2.24, 2.45) is 0 Å². The van der Waals surface area contributed by atoms with Crippen LogP contribution in [0.5, 0.6) is 0 Å². The van der Waals surface area contributed by atoms with E-state index >= 15 is 0 Å². The molecule has 1 aromatic carbocycles. The molecule has 0 unspecified atom stereocenters. The molecule has 0 amide bonds. The fraction of sp³-hybridized carbons (Fsp3) is 0.0833. The van der Waals surface area contributed by atoms with E-state index in [0.717, 1.165) is 5.56 Å². The molecule has 0 aliphatic heterocycles. The van der Waals surface area contributed by atoms with Crippen LogP contribution < -0.4 is 0 Å². The molecule has 0 bridgehead atoms. The third kappa shape index (κ3) is 2.07. The van der Waals surface area contributed by atoms with Crippen LogP contribution in [0.4, 0.5) is 0 Å². The van der Waals surface area contributed by atoms with E-state index in [9.17, 15) is 4.79 Å². The van der Waals surface area contributed by atoms with E-state index in [-0.39, 0.29) is 11.6 Å². The first-order valence-electron chi connectivity index (χ1n) is 4.66. The zero-order chi connectivity index (χ0) is 10.7. The average molecular weight is 198 g/mol. The highest BCUT2D eigenvalue weighted by atomic mass is 16.1. The maximum absolute atomic E-state index is 11.8. The highest BCUT2D eigenvalue weighted by Crippen LogP contribution is 2.05. The lowest BCUT2D eigenvalue weighted by Gasteiger charge is -1.98. The molecular weight excluding hydrogens is 188 g/mol. The second kappa shape index (κ2) is 4.00. The molecule has 74 valence electrons. The number of carbonyl (C=O) groups excluding carboxylic acids is 1. The number of rotatable bonds is 2. The van der Waals surface area contributed by atoms with Gasteiger partial charge >= 0.3 is 0 Å². The van der Waals surface area contributed by atoms with Crippen LogP contribution in [-0.4, -0.2) is 15.8 Å². The number of ketones is 1. The summed E-state index contributed by atoms with van der Waals surface area (Å²) in [5.74, 6) is 0.0994. The van der Waals surface area contributed by atoms with Crippen LogP contribution in [0.1, 0.15) is 21.7 Å². The Balaban J connectivity index is 2.33. The Morgan fingerprint density at radius 3 is 2.27 bits per heavy atom. The lowest BCUT2D eigenvalue weighted by molar-refractivity contribution is 0.102. The van der Waals surface area contributed by atoms with Crippen LogP contribution in [-0.2, 0) is 0 Å². The molecule has 0 aliphatic rings. The zero-order valence-electron chi connectivity index (χ0n) is 8.34. The van der Waals surface area contributed by atoms with Gasteiger partial charge in [-0.05, 0) is 12.5 Å². The van der Waals surface area contributed by atoms with E-state index < -0.39 is 0 Å². The number of carbonyl (C=O) groups is 1. The Hall–Kier alpha value is -2.03. The van der Waals surface area contributed by atoms with Crippen molar-refractivity contribution in [1.82, 2.24) is 9.97 Å². The normalized spacial score (nSPS) is 9.93. The van der Waals surface area contributed by atoms with Crippen molar-refractivity contribution in [3.63, 3.8) is 0 Å². The van der Waals surface area contributed by atoms with Crippen molar-refractivity contribution < 1.29 is 4.79 Å². The Bertz CT molecular complexity index is 463. The summed E-state index contributed by atoms with van der Waals surface area (Å²) in [6, 6.07) is 9.02. The summed E-state index contributed by atoms with van der Waals surface area (Å²) in [5, 5.41) is 0. The first-order valence-corrected chi connectivity index (χ1v) is 4.66. The molecule has 0 saturated heterocycles. The van der Waals surface area contributed by atoms with Gasteiger partial charge in [-0.25, -0.2) is 9.97 Å². The molecule has 3 heteroatoms. The molecule has 0 radical (unpaired) electrons. The Morgan fingerprint density at radius 1 is 1.07 bits per heavy atom. The fourth-order valence-corrected chi connectivity index (χ4v) is 1.23. The summed E-state index contributed by atoms with van der Waals surface area (Å²) in [7, 11) is 0. The van der Waals surface area contributed by atoms with E-state index in [2.05, 4.69) is 9.97 Å². The van der Waals surface area contributed by atoms with Gasteiger partial charge in [0.2, 0.25) is 11.6 Å². The van der Waals surface area contributed by atoms with Gasteiger partial charge in [-0.3, -0.25) is 4.79 Å². The molecule has 2 aromatic rings. The highest BCUT2D eigenvalue weighted by molar-refractivity contribution is 6.06. The molecule has 0 spiro atoms. The lowest BCUT2D eigenvalue weighted by Crippen LogP contribution is -2.06. The topological polar surface area (TPSA) is 42.9 Å². The minimum Gasteiger partial charge on any atom is -0.285 e. The van der Waals surface area contributed by atoms with Crippen LogP contribution in [0.3, 0.4) is 0 Å². The van der Waals surface area contributed by atoms with E-state index in [1.807, 2.05) is 25.1 Å². The number of aromatic nitrogens is 2. The number of aryl methyl sites for hydroxylation is 1. The fourth-order valence-electron chi connectivity index (χ4n) is 1.23. The summed E-state index contributed by atoms with van der Waals surface area (Å²) in [4.78, 5) is 19.8. The van der Waals surface area contributed by atoms with E-state index in [1.165, 1.54) is 0 Å². The van der Waals surface area contributed by atoms with Gasteiger partial charge in [-0.15, -0.1) is 0 Å². The zero-order valence-corrected chi connectivity index (χ0v) is 8.34. The molecule has 1 aromatic heterocycles. The SMILES string of the molecule is Cc1cnc(C(=O)c2ccccc2)nc1. The molecule has 1 heterocycles. The monoisotopic (exact) mass is 198 g/mol. The van der Waals surface area contributed by atoms with E-state index in [0.29, 0.717) is 5.56 Å². The summed E-state index contributed by atoms with van der Waals surface area (Å²) < 4.78 is 0. The lowest BCUT2D eigenvalue weighted by atomic mass is 10.1. The third-order valence-corrected chi connectivity index (χ3v) is 2.02. The van der Waals surface area contributed by atoms with Crippen molar-refractivity contribution in [2.45, 2.75) is 6.92 Å². The van der Waals surface area contributed by atoms with Crippen molar-refractivity contribution in [1.29, 1.82) is 0 Å². The third-order valence-electron chi connectivity index (χ3n) is 2.02. The van der Waals surface area contributed by atoms with Crippen molar-refractivity contribution in [2.75, 3.05) is 0 Å². The molecule has 0 N–H and O–H groups in total. The van der Waals surface area contributed by atoms with Crippen LogP contribution >= 0.6 is 0 Å². The van der Waals surface area contributed by atoms with Crippen molar-refractivity contribution in [3.8, 4) is 0 Å². The number of hydrogen-bond donors (Lipinski definition) is 0. The van der Waals surface area contributed by atoms with Gasteiger partial charge in [-0.2, -0.15) is 0 Å². The molecule has 3 nitrogen and oxygen atoms in total. The molecule has 0 aliphatic carbocycles. The quantitative estimate of drug-likeness (QED) is 0.693. The van der Waals surface area contributed by atoms with Gasteiger partial charge in [0.1, 0.15) is 0 Å². The van der Waals surface area contributed by atoms with Crippen LogP contribution in [0, 0.1) is 6.92 Å². The number of hydrogen-bond acceptors (Lipinski definition) is 3. The van der Waals surface area contributed by atoms with Gasteiger partial charge in [0.05, 0.1) is 0 Å². The molecule has 0 fully saturated rings. The van der Waals surface area contributed by atoms with Crippen LogP contribution in [0.2, 0.25) is 0 Å². The Kier molecular flexibility index (Phi) is 2.54. The number of benzene rings is 1. The number of nitrogens with zero attached hydrogens (tertiary/aromatic N) is 2. The second-order valence-electron chi connectivity index (χ2n) is 3.28. The molecule has 0 atom stereocenters. The van der Waals surface area contributed by atoms with Gasteiger partial charge in [0.15, 0.2) is 0 Å². The van der Waals surface area contributed by atoms with Gasteiger partial charge in [-0.1, -0.05) is 30.3 Å². The standard InChI is InChI=1S/C12H10N2O/c1-9-7-13-12(14-8-9)11(15)10-5-3-2-4-6-10/h2-8H,1H3. The first kappa shape index (κ1) is 9.52. The predicted molar refractivity (Wildman–Crippen MR) is 56.6 cm³/mol. The van der Waals surface area contributed by atoms with Crippen molar-refractivity contribution in [3.05, 3.63) is 59.7 Å². The van der Waals surface area contributed by atoms with Gasteiger partial charge in [0.25, 0.3) is 0 Å². The molecule has 15 heavy (non-hydrogen) atoms. The largest absolute Gasteiger partial charge is 0.285 e. The summed E-state index contributed by atoms with van der Waals surface area (Å²) in [5.41, 5.74) is 1.56. The Labute approximate surface area is 87.8 Å². The van der Waals surface area contributed by atoms with Crippen molar-refractivity contribution >= 4 is 5.78 Å². The van der Waals surface area contributed by atoms with Crippen LogP contribution in [0.25, 0.3) is 0 Å². The maximum atomic E-state index is 11.8. The van der Waals surface area contributed by atoms with Gasteiger partial charge in [0, 0.05) is 18.0 Å². The maximum Gasteiger partial charge on any atom is 0.230 e. The van der Waals surface area contributed by atoms with Gasteiger partial charge < -0.3 is 0 Å². The smallest absolute Gasteiger partial charge is 0.230 e.